The Balaban J connectivity index is 1.30. The molecule has 0 fully saturated rings. The van der Waals surface area contributed by atoms with E-state index in [0.29, 0.717) is 17.0 Å². The third-order valence-corrected chi connectivity index (χ3v) is 5.37. The molecule has 5 aromatic rings. The van der Waals surface area contributed by atoms with Gasteiger partial charge in [-0.25, -0.2) is 13.9 Å². The summed E-state index contributed by atoms with van der Waals surface area (Å²) in [5.41, 5.74) is 2.92. The van der Waals surface area contributed by atoms with Crippen molar-refractivity contribution in [2.75, 3.05) is 6.61 Å². The minimum Gasteiger partial charge on any atom is -0.484 e. The van der Waals surface area contributed by atoms with Crippen molar-refractivity contribution < 1.29 is 18.3 Å². The summed E-state index contributed by atoms with van der Waals surface area (Å²) in [6.07, 6.45) is 1.83. The number of amides is 1. The second-order valence-corrected chi connectivity index (χ2v) is 7.81. The number of aromatic nitrogens is 2. The fourth-order valence-electron chi connectivity index (χ4n) is 3.63. The maximum atomic E-state index is 13.4. The van der Waals surface area contributed by atoms with Crippen LogP contribution < -0.4 is 15.7 Å². The normalized spacial score (nSPS) is 10.9. The van der Waals surface area contributed by atoms with Crippen LogP contribution in [-0.4, -0.2) is 22.3 Å². The van der Waals surface area contributed by atoms with Crippen LogP contribution in [0.1, 0.15) is 5.56 Å². The molecule has 35 heavy (non-hydrogen) atoms. The quantitative estimate of drug-likeness (QED) is 0.355. The van der Waals surface area contributed by atoms with Gasteiger partial charge in [-0.3, -0.25) is 4.79 Å². The van der Waals surface area contributed by atoms with Gasteiger partial charge in [0.15, 0.2) is 6.61 Å². The van der Waals surface area contributed by atoms with Gasteiger partial charge in [-0.15, -0.1) is 0 Å². The maximum absolute atomic E-state index is 13.4. The molecule has 0 saturated heterocycles. The van der Waals surface area contributed by atoms with Gasteiger partial charge in [-0.1, -0.05) is 18.2 Å². The molecule has 0 spiro atoms. The first-order valence-corrected chi connectivity index (χ1v) is 10.9. The minimum absolute atomic E-state index is 0.203. The lowest BCUT2D eigenvalue weighted by Gasteiger charge is -2.08. The Hall–Kier alpha value is -4.72. The fourth-order valence-corrected chi connectivity index (χ4v) is 3.63. The molecule has 7 nitrogen and oxygen atoms in total. The number of hydrogen-bond acceptors (Lipinski definition) is 5. The molecule has 174 valence electrons. The van der Waals surface area contributed by atoms with E-state index in [1.54, 1.807) is 41.1 Å². The summed E-state index contributed by atoms with van der Waals surface area (Å²) in [6.45, 7) is -0.0182. The first-order chi connectivity index (χ1) is 17.0. The third kappa shape index (κ3) is 5.11. The van der Waals surface area contributed by atoms with Crippen molar-refractivity contribution in [2.24, 2.45) is 0 Å². The molecule has 0 aliphatic heterocycles. The third-order valence-electron chi connectivity index (χ3n) is 5.37. The summed E-state index contributed by atoms with van der Waals surface area (Å²) >= 11 is 0. The molecule has 0 atom stereocenters. The maximum Gasteiger partial charge on any atom is 0.336 e. The molecule has 2 aromatic heterocycles. The van der Waals surface area contributed by atoms with Crippen LogP contribution in [0.5, 0.6) is 5.75 Å². The largest absolute Gasteiger partial charge is 0.484 e. The van der Waals surface area contributed by atoms with E-state index in [1.807, 2.05) is 36.5 Å². The van der Waals surface area contributed by atoms with Gasteiger partial charge in [0.05, 0.1) is 11.4 Å². The molecule has 3 aromatic carbocycles. The van der Waals surface area contributed by atoms with E-state index in [-0.39, 0.29) is 24.9 Å². The van der Waals surface area contributed by atoms with Crippen LogP contribution in [0.15, 0.2) is 100 Å². The second kappa shape index (κ2) is 9.64. The molecule has 1 N–H and O–H groups in total. The van der Waals surface area contributed by atoms with E-state index in [1.165, 1.54) is 18.2 Å². The summed E-state index contributed by atoms with van der Waals surface area (Å²) in [7, 11) is 0. The van der Waals surface area contributed by atoms with Gasteiger partial charge in [0.2, 0.25) is 0 Å². The fraction of sp³-hybridized carbons (Fsp3) is 0.0741. The van der Waals surface area contributed by atoms with E-state index in [2.05, 4.69) is 10.4 Å². The highest BCUT2D eigenvalue weighted by atomic mass is 19.1. The highest BCUT2D eigenvalue weighted by Crippen LogP contribution is 2.24. The Bertz CT molecular complexity index is 1540. The van der Waals surface area contributed by atoms with Crippen LogP contribution in [0, 0.1) is 5.82 Å². The van der Waals surface area contributed by atoms with Gasteiger partial charge >= 0.3 is 5.63 Å². The molecular weight excluding hydrogens is 449 g/mol. The van der Waals surface area contributed by atoms with Crippen molar-refractivity contribution in [3.05, 3.63) is 113 Å². The van der Waals surface area contributed by atoms with Gasteiger partial charge in [-0.05, 0) is 54.6 Å². The summed E-state index contributed by atoms with van der Waals surface area (Å²) < 4.78 is 25.9. The summed E-state index contributed by atoms with van der Waals surface area (Å²) in [5.74, 6) is -0.265. The van der Waals surface area contributed by atoms with Crippen molar-refractivity contribution in [3.8, 4) is 22.7 Å². The lowest BCUT2D eigenvalue weighted by molar-refractivity contribution is -0.123. The molecule has 2 heterocycles. The number of halogens is 1. The molecule has 0 unspecified atom stereocenters. The molecule has 0 saturated carbocycles. The summed E-state index contributed by atoms with van der Waals surface area (Å²) in [5, 5.41) is 8.26. The zero-order valence-corrected chi connectivity index (χ0v) is 18.5. The van der Waals surface area contributed by atoms with E-state index in [0.717, 1.165) is 22.2 Å². The Labute approximate surface area is 199 Å². The van der Waals surface area contributed by atoms with Crippen LogP contribution in [0.4, 0.5) is 4.39 Å². The number of fused-ring (bicyclic) bond motifs is 1. The number of carbonyl (C=O) groups excluding carboxylic acids is 1. The van der Waals surface area contributed by atoms with Crippen molar-refractivity contribution >= 4 is 16.9 Å². The molecule has 0 radical (unpaired) electrons. The first-order valence-electron chi connectivity index (χ1n) is 10.9. The standard InChI is InChI=1S/C27H20FN3O4/c28-21-10-6-19(7-11-21)27-20(16-31(30-27)22-4-2-1-3-5-22)15-29-25(32)17-34-23-12-8-18-9-13-26(33)35-24(18)14-23/h1-14,16H,15,17H2,(H,29,32). The molecule has 0 aliphatic rings. The number of benzene rings is 3. The number of nitrogens with one attached hydrogen (secondary N) is 1. The molecule has 0 bridgehead atoms. The van der Waals surface area contributed by atoms with Crippen LogP contribution in [0.25, 0.3) is 27.9 Å². The minimum atomic E-state index is -0.458. The molecular formula is C27H20FN3O4. The Kier molecular flexibility index (Phi) is 6.09. The average molecular weight is 469 g/mol. The number of ether oxygens (including phenoxy) is 1. The molecule has 5 rings (SSSR count). The zero-order chi connectivity index (χ0) is 24.2. The number of hydrogen-bond donors (Lipinski definition) is 1. The smallest absolute Gasteiger partial charge is 0.336 e. The van der Waals surface area contributed by atoms with Gasteiger partial charge < -0.3 is 14.5 Å². The monoisotopic (exact) mass is 469 g/mol. The van der Waals surface area contributed by atoms with E-state index in [9.17, 15) is 14.0 Å². The van der Waals surface area contributed by atoms with Crippen LogP contribution in [-0.2, 0) is 11.3 Å². The molecule has 8 heteroatoms. The predicted octanol–water partition coefficient (Wildman–Crippen LogP) is 4.48. The van der Waals surface area contributed by atoms with Crippen molar-refractivity contribution in [1.82, 2.24) is 15.1 Å². The van der Waals surface area contributed by atoms with Crippen molar-refractivity contribution in [2.45, 2.75) is 6.54 Å². The van der Waals surface area contributed by atoms with E-state index >= 15 is 0 Å². The Morgan fingerprint density at radius 2 is 1.77 bits per heavy atom. The lowest BCUT2D eigenvalue weighted by Crippen LogP contribution is -2.28. The van der Waals surface area contributed by atoms with Gasteiger partial charge in [0.1, 0.15) is 17.1 Å². The highest BCUT2D eigenvalue weighted by Gasteiger charge is 2.14. The molecule has 0 aliphatic carbocycles. The van der Waals surface area contributed by atoms with Gasteiger partial charge in [-0.2, -0.15) is 5.10 Å². The number of rotatable bonds is 7. The van der Waals surface area contributed by atoms with Gasteiger partial charge in [0.25, 0.3) is 5.91 Å². The van der Waals surface area contributed by atoms with Crippen LogP contribution >= 0.6 is 0 Å². The lowest BCUT2D eigenvalue weighted by atomic mass is 10.1. The Morgan fingerprint density at radius 3 is 2.57 bits per heavy atom. The second-order valence-electron chi connectivity index (χ2n) is 7.81. The SMILES string of the molecule is O=C(COc1ccc2ccc(=O)oc2c1)NCc1cn(-c2ccccc2)nc1-c1ccc(F)cc1. The van der Waals surface area contributed by atoms with Crippen molar-refractivity contribution in [3.63, 3.8) is 0 Å². The Morgan fingerprint density at radius 1 is 1.00 bits per heavy atom. The van der Waals surface area contributed by atoms with Crippen LogP contribution in [0.3, 0.4) is 0 Å². The first kappa shape index (κ1) is 22.1. The van der Waals surface area contributed by atoms with Gasteiger partial charge in [0, 0.05) is 41.4 Å². The zero-order valence-electron chi connectivity index (χ0n) is 18.5. The average Bonchev–Trinajstić information content (AvgIpc) is 3.31. The van der Waals surface area contributed by atoms with E-state index in [4.69, 9.17) is 9.15 Å². The number of nitrogens with zero attached hydrogens (tertiary/aromatic N) is 2. The molecule has 1 amide bonds. The number of carbonyl (C=O) groups is 1. The summed E-state index contributed by atoms with van der Waals surface area (Å²) in [4.78, 5) is 23.9. The van der Waals surface area contributed by atoms with E-state index < -0.39 is 5.63 Å². The van der Waals surface area contributed by atoms with Crippen LogP contribution in [0.2, 0.25) is 0 Å². The predicted molar refractivity (Wildman–Crippen MR) is 129 cm³/mol. The number of para-hydroxylation sites is 1. The topological polar surface area (TPSA) is 86.4 Å². The highest BCUT2D eigenvalue weighted by molar-refractivity contribution is 5.79. The van der Waals surface area contributed by atoms with Crippen molar-refractivity contribution in [1.29, 1.82) is 0 Å². The summed E-state index contributed by atoms with van der Waals surface area (Å²) in [6, 6.07) is 23.6.